The van der Waals surface area contributed by atoms with Crippen molar-refractivity contribution < 1.29 is 8.78 Å². The standard InChI is InChI=1S/C13H25F2N/c1-2-3-4-5-6-12(16)11-7-9-13(14,15)10-8-11/h11-12H,2-10,16H2,1H3. The lowest BCUT2D eigenvalue weighted by Gasteiger charge is -2.32. The first-order valence-corrected chi connectivity index (χ1v) is 6.68. The van der Waals surface area contributed by atoms with Crippen molar-refractivity contribution in [1.82, 2.24) is 0 Å². The van der Waals surface area contributed by atoms with Gasteiger partial charge in [-0.25, -0.2) is 8.78 Å². The summed E-state index contributed by atoms with van der Waals surface area (Å²) < 4.78 is 25.9. The SMILES string of the molecule is CCCCCCC(N)C1CCC(F)(F)CC1. The second-order valence-corrected chi connectivity index (χ2v) is 5.21. The third-order valence-electron chi connectivity index (χ3n) is 3.76. The van der Waals surface area contributed by atoms with Crippen molar-refractivity contribution in [1.29, 1.82) is 0 Å². The summed E-state index contributed by atoms with van der Waals surface area (Å²) in [6.45, 7) is 2.18. The Morgan fingerprint density at radius 1 is 1.19 bits per heavy atom. The fourth-order valence-corrected chi connectivity index (χ4v) is 2.53. The minimum Gasteiger partial charge on any atom is -0.327 e. The van der Waals surface area contributed by atoms with Gasteiger partial charge < -0.3 is 5.73 Å². The highest BCUT2D eigenvalue weighted by Crippen LogP contribution is 2.37. The van der Waals surface area contributed by atoms with E-state index in [9.17, 15) is 8.78 Å². The summed E-state index contributed by atoms with van der Waals surface area (Å²) in [7, 11) is 0. The lowest BCUT2D eigenvalue weighted by atomic mass is 9.81. The van der Waals surface area contributed by atoms with Crippen LogP contribution in [0.1, 0.15) is 64.7 Å². The Hall–Kier alpha value is -0.180. The first kappa shape index (κ1) is 13.9. The maximum atomic E-state index is 13.0. The third kappa shape index (κ3) is 4.77. The second-order valence-electron chi connectivity index (χ2n) is 5.21. The Labute approximate surface area is 97.8 Å². The Bertz CT molecular complexity index is 184. The summed E-state index contributed by atoms with van der Waals surface area (Å²) in [5.41, 5.74) is 6.07. The van der Waals surface area contributed by atoms with Crippen LogP contribution in [0.5, 0.6) is 0 Å². The molecule has 96 valence electrons. The lowest BCUT2D eigenvalue weighted by molar-refractivity contribution is -0.0484. The van der Waals surface area contributed by atoms with E-state index in [1.807, 2.05) is 0 Å². The van der Waals surface area contributed by atoms with E-state index in [1.165, 1.54) is 19.3 Å². The fourth-order valence-electron chi connectivity index (χ4n) is 2.53. The number of hydrogen-bond acceptors (Lipinski definition) is 1. The molecular formula is C13H25F2N. The second kappa shape index (κ2) is 6.53. The van der Waals surface area contributed by atoms with Crippen molar-refractivity contribution in [3.8, 4) is 0 Å². The molecule has 16 heavy (non-hydrogen) atoms. The zero-order valence-electron chi connectivity index (χ0n) is 10.4. The largest absolute Gasteiger partial charge is 0.327 e. The molecule has 0 saturated heterocycles. The quantitative estimate of drug-likeness (QED) is 0.686. The van der Waals surface area contributed by atoms with Crippen LogP contribution < -0.4 is 5.73 Å². The van der Waals surface area contributed by atoms with Crippen LogP contribution in [0.3, 0.4) is 0 Å². The highest BCUT2D eigenvalue weighted by atomic mass is 19.3. The number of hydrogen-bond donors (Lipinski definition) is 1. The van der Waals surface area contributed by atoms with Gasteiger partial charge in [0.1, 0.15) is 0 Å². The molecule has 3 heteroatoms. The third-order valence-corrected chi connectivity index (χ3v) is 3.76. The Morgan fingerprint density at radius 2 is 1.81 bits per heavy atom. The number of rotatable bonds is 6. The zero-order chi connectivity index (χ0) is 12.0. The van der Waals surface area contributed by atoms with E-state index in [1.54, 1.807) is 0 Å². The van der Waals surface area contributed by atoms with Crippen molar-refractivity contribution in [2.45, 2.75) is 76.7 Å². The molecule has 0 aromatic carbocycles. The van der Waals surface area contributed by atoms with Gasteiger partial charge in [-0.3, -0.25) is 0 Å². The Balaban J connectivity index is 2.15. The van der Waals surface area contributed by atoms with Crippen molar-refractivity contribution in [2.24, 2.45) is 11.7 Å². The molecule has 0 amide bonds. The molecule has 1 saturated carbocycles. The first-order chi connectivity index (χ1) is 7.55. The molecule has 0 heterocycles. The van der Waals surface area contributed by atoms with Crippen LogP contribution in [0.2, 0.25) is 0 Å². The molecule has 0 aliphatic heterocycles. The molecule has 0 aromatic rings. The van der Waals surface area contributed by atoms with Gasteiger partial charge in [0.15, 0.2) is 0 Å². The molecule has 1 unspecified atom stereocenters. The minimum atomic E-state index is -2.42. The highest BCUT2D eigenvalue weighted by molar-refractivity contribution is 4.83. The van der Waals surface area contributed by atoms with Crippen LogP contribution in [0.4, 0.5) is 8.78 Å². The molecule has 1 nitrogen and oxygen atoms in total. The summed E-state index contributed by atoms with van der Waals surface area (Å²) in [5.74, 6) is -2.08. The summed E-state index contributed by atoms with van der Waals surface area (Å²) in [6, 6.07) is 0.146. The first-order valence-electron chi connectivity index (χ1n) is 6.68. The Kier molecular flexibility index (Phi) is 5.67. The van der Waals surface area contributed by atoms with Crippen molar-refractivity contribution in [3.05, 3.63) is 0 Å². The molecule has 1 rings (SSSR count). The monoisotopic (exact) mass is 233 g/mol. The molecule has 1 aliphatic carbocycles. The van der Waals surface area contributed by atoms with Crippen LogP contribution in [-0.4, -0.2) is 12.0 Å². The molecule has 2 N–H and O–H groups in total. The van der Waals surface area contributed by atoms with Crippen LogP contribution in [-0.2, 0) is 0 Å². The lowest BCUT2D eigenvalue weighted by Crippen LogP contribution is -2.36. The summed E-state index contributed by atoms with van der Waals surface area (Å²) in [4.78, 5) is 0. The smallest absolute Gasteiger partial charge is 0.248 e. The van der Waals surface area contributed by atoms with Gasteiger partial charge >= 0.3 is 0 Å². The van der Waals surface area contributed by atoms with E-state index in [4.69, 9.17) is 5.73 Å². The van der Waals surface area contributed by atoms with E-state index in [2.05, 4.69) is 6.92 Å². The normalized spacial score (nSPS) is 23.2. The average Bonchev–Trinajstić information content (AvgIpc) is 2.24. The van der Waals surface area contributed by atoms with Gasteiger partial charge in [-0.15, -0.1) is 0 Å². The molecule has 1 fully saturated rings. The Morgan fingerprint density at radius 3 is 2.38 bits per heavy atom. The molecule has 0 spiro atoms. The molecular weight excluding hydrogens is 208 g/mol. The van der Waals surface area contributed by atoms with Gasteiger partial charge in [-0.1, -0.05) is 32.6 Å². The molecule has 1 aliphatic rings. The van der Waals surface area contributed by atoms with E-state index in [0.717, 1.165) is 12.8 Å². The van der Waals surface area contributed by atoms with Crippen LogP contribution in [0, 0.1) is 5.92 Å². The van der Waals surface area contributed by atoms with E-state index < -0.39 is 5.92 Å². The van der Waals surface area contributed by atoms with Gasteiger partial charge in [0.05, 0.1) is 0 Å². The molecule has 0 bridgehead atoms. The maximum Gasteiger partial charge on any atom is 0.248 e. The minimum absolute atomic E-state index is 0.0420. The van der Waals surface area contributed by atoms with Crippen molar-refractivity contribution >= 4 is 0 Å². The van der Waals surface area contributed by atoms with Gasteiger partial charge in [0.25, 0.3) is 0 Å². The van der Waals surface area contributed by atoms with Crippen LogP contribution >= 0.6 is 0 Å². The van der Waals surface area contributed by atoms with Crippen LogP contribution in [0.15, 0.2) is 0 Å². The number of alkyl halides is 2. The van der Waals surface area contributed by atoms with Gasteiger partial charge in [-0.2, -0.15) is 0 Å². The highest BCUT2D eigenvalue weighted by Gasteiger charge is 2.36. The fraction of sp³-hybridized carbons (Fsp3) is 1.00. The van der Waals surface area contributed by atoms with Gasteiger partial charge in [-0.05, 0) is 25.2 Å². The summed E-state index contributed by atoms with van der Waals surface area (Å²) in [5, 5.41) is 0. The predicted molar refractivity (Wildman–Crippen MR) is 63.6 cm³/mol. The van der Waals surface area contributed by atoms with E-state index >= 15 is 0 Å². The van der Waals surface area contributed by atoms with Crippen LogP contribution in [0.25, 0.3) is 0 Å². The number of halogens is 2. The number of unbranched alkanes of at least 4 members (excludes halogenated alkanes) is 3. The molecule has 1 atom stereocenters. The predicted octanol–water partition coefficient (Wildman–Crippen LogP) is 4.11. The van der Waals surface area contributed by atoms with Crippen molar-refractivity contribution in [2.75, 3.05) is 0 Å². The summed E-state index contributed by atoms with van der Waals surface area (Å²) >= 11 is 0. The maximum absolute atomic E-state index is 13.0. The van der Waals surface area contributed by atoms with Gasteiger partial charge in [0, 0.05) is 18.9 Å². The molecule has 0 aromatic heterocycles. The summed E-state index contributed by atoms with van der Waals surface area (Å²) in [6.07, 6.45) is 7.19. The van der Waals surface area contributed by atoms with Crippen molar-refractivity contribution in [3.63, 3.8) is 0 Å². The van der Waals surface area contributed by atoms with Gasteiger partial charge in [0.2, 0.25) is 5.92 Å². The number of nitrogens with two attached hydrogens (primary N) is 1. The molecule has 0 radical (unpaired) electrons. The topological polar surface area (TPSA) is 26.0 Å². The zero-order valence-corrected chi connectivity index (χ0v) is 10.4. The van der Waals surface area contributed by atoms with E-state index in [0.29, 0.717) is 18.8 Å². The average molecular weight is 233 g/mol. The van der Waals surface area contributed by atoms with E-state index in [-0.39, 0.29) is 18.9 Å².